The summed E-state index contributed by atoms with van der Waals surface area (Å²) in [7, 11) is 0. The average molecular weight is 430 g/mol. The molecule has 0 saturated carbocycles. The molecule has 0 aliphatic carbocycles. The first kappa shape index (κ1) is 20.7. The second-order valence-electron chi connectivity index (χ2n) is 9.06. The Morgan fingerprint density at radius 2 is 1.72 bits per heavy atom. The summed E-state index contributed by atoms with van der Waals surface area (Å²) < 4.78 is 14.1. The summed E-state index contributed by atoms with van der Waals surface area (Å²) in [6, 6.07) is 22.9. The molecular weight excluding hydrogens is 401 g/mol. The van der Waals surface area contributed by atoms with E-state index in [1.165, 1.54) is 22.8 Å². The van der Waals surface area contributed by atoms with Crippen molar-refractivity contribution in [1.82, 2.24) is 4.90 Å². The number of urea groups is 1. The van der Waals surface area contributed by atoms with Gasteiger partial charge in [-0.2, -0.15) is 0 Å². The van der Waals surface area contributed by atoms with Crippen molar-refractivity contribution in [3.05, 3.63) is 95.3 Å². The molecule has 4 nitrogen and oxygen atoms in total. The van der Waals surface area contributed by atoms with Crippen molar-refractivity contribution in [3.8, 4) is 0 Å². The summed E-state index contributed by atoms with van der Waals surface area (Å²) in [5.41, 5.74) is 4.88. The number of fused-ring (bicyclic) bond motifs is 2. The fourth-order valence-electron chi connectivity index (χ4n) is 5.12. The van der Waals surface area contributed by atoms with Crippen LogP contribution in [0.1, 0.15) is 29.5 Å². The quantitative estimate of drug-likeness (QED) is 0.578. The number of nitrogens with zero attached hydrogens (tertiary/aromatic N) is 2. The van der Waals surface area contributed by atoms with Crippen LogP contribution in [-0.2, 0) is 12.0 Å². The number of piperidine rings is 1. The summed E-state index contributed by atoms with van der Waals surface area (Å²) in [6.07, 6.45) is 2.00. The molecule has 0 aromatic heterocycles. The number of hydrogen-bond donors (Lipinski definition) is 1. The molecule has 2 aliphatic heterocycles. The fourth-order valence-corrected chi connectivity index (χ4v) is 5.12. The van der Waals surface area contributed by atoms with Crippen LogP contribution in [0, 0.1) is 12.7 Å². The van der Waals surface area contributed by atoms with Gasteiger partial charge in [-0.05, 0) is 62.2 Å². The van der Waals surface area contributed by atoms with Gasteiger partial charge in [0.05, 0.1) is 5.69 Å². The maximum absolute atomic E-state index is 14.1. The number of halogens is 1. The molecule has 32 heavy (non-hydrogen) atoms. The van der Waals surface area contributed by atoms with Gasteiger partial charge in [0.2, 0.25) is 0 Å². The summed E-state index contributed by atoms with van der Waals surface area (Å²) in [4.78, 5) is 17.5. The van der Waals surface area contributed by atoms with Crippen molar-refractivity contribution in [2.75, 3.05) is 29.9 Å². The van der Waals surface area contributed by atoms with Gasteiger partial charge < -0.3 is 5.32 Å². The molecule has 0 atom stereocenters. The number of aryl methyl sites for hydroxylation is 1. The highest BCUT2D eigenvalue weighted by Gasteiger charge is 2.46. The van der Waals surface area contributed by atoms with Gasteiger partial charge in [0.1, 0.15) is 5.82 Å². The lowest BCUT2D eigenvalue weighted by atomic mass is 9.74. The van der Waals surface area contributed by atoms with Crippen LogP contribution in [0.3, 0.4) is 0 Å². The Hall–Kier alpha value is -3.18. The molecule has 2 aliphatic rings. The largest absolute Gasteiger partial charge is 0.326 e. The van der Waals surface area contributed by atoms with Crippen LogP contribution in [0.4, 0.5) is 20.6 Å². The molecule has 2 amide bonds. The van der Waals surface area contributed by atoms with Crippen LogP contribution < -0.4 is 10.2 Å². The van der Waals surface area contributed by atoms with E-state index in [1.54, 1.807) is 23.1 Å². The van der Waals surface area contributed by atoms with E-state index in [0.29, 0.717) is 6.54 Å². The number of anilines is 2. The van der Waals surface area contributed by atoms with E-state index >= 15 is 0 Å². The highest BCUT2D eigenvalue weighted by atomic mass is 19.1. The second kappa shape index (κ2) is 8.40. The molecule has 1 saturated heterocycles. The van der Waals surface area contributed by atoms with Crippen LogP contribution in [0.15, 0.2) is 72.8 Å². The monoisotopic (exact) mass is 429 g/mol. The first-order valence-corrected chi connectivity index (χ1v) is 11.2. The first-order valence-electron chi connectivity index (χ1n) is 11.2. The van der Waals surface area contributed by atoms with E-state index in [0.717, 1.165) is 38.2 Å². The molecule has 164 valence electrons. The van der Waals surface area contributed by atoms with Gasteiger partial charge in [-0.1, -0.05) is 60.2 Å². The van der Waals surface area contributed by atoms with Crippen LogP contribution in [0.5, 0.6) is 0 Å². The standard InChI is InChI=1S/C27H28FN3O/c1-20-11-12-25-22(17-20)27(13-15-30(16-14-27)18-21-7-3-2-4-8-21)19-31(25)26(32)29-24-10-6-5-9-23(24)28/h2-12,17H,13-16,18-19H2,1H3,(H,29,32). The average Bonchev–Trinajstić information content (AvgIpc) is 3.11. The number of carbonyl (C=O) groups is 1. The second-order valence-corrected chi connectivity index (χ2v) is 9.06. The summed E-state index contributed by atoms with van der Waals surface area (Å²) in [5, 5.41) is 2.77. The number of benzene rings is 3. The molecule has 5 rings (SSSR count). The molecule has 3 aromatic rings. The van der Waals surface area contributed by atoms with Gasteiger partial charge in [0, 0.05) is 24.2 Å². The van der Waals surface area contributed by atoms with Crippen LogP contribution in [0.2, 0.25) is 0 Å². The van der Waals surface area contributed by atoms with E-state index < -0.39 is 5.82 Å². The van der Waals surface area contributed by atoms with Gasteiger partial charge in [-0.15, -0.1) is 0 Å². The summed E-state index contributed by atoms with van der Waals surface area (Å²) in [5.74, 6) is -0.423. The number of likely N-dealkylation sites (tertiary alicyclic amines) is 1. The summed E-state index contributed by atoms with van der Waals surface area (Å²) in [6.45, 7) is 5.66. The van der Waals surface area contributed by atoms with Crippen molar-refractivity contribution >= 4 is 17.4 Å². The van der Waals surface area contributed by atoms with Gasteiger partial charge in [0.15, 0.2) is 0 Å². The number of nitrogens with one attached hydrogen (secondary N) is 1. The third-order valence-electron chi connectivity index (χ3n) is 6.90. The molecule has 3 aromatic carbocycles. The van der Waals surface area contributed by atoms with Crippen molar-refractivity contribution < 1.29 is 9.18 Å². The van der Waals surface area contributed by atoms with E-state index in [9.17, 15) is 9.18 Å². The molecule has 1 N–H and O–H groups in total. The van der Waals surface area contributed by atoms with Crippen molar-refractivity contribution in [1.29, 1.82) is 0 Å². The predicted octanol–water partition coefficient (Wildman–Crippen LogP) is 5.72. The highest BCUT2D eigenvalue weighted by Crippen LogP contribution is 2.47. The molecular formula is C27H28FN3O. The molecule has 5 heteroatoms. The lowest BCUT2D eigenvalue weighted by Crippen LogP contribution is -2.46. The van der Waals surface area contributed by atoms with E-state index in [4.69, 9.17) is 0 Å². The normalized spacial score (nSPS) is 17.4. The Morgan fingerprint density at radius 1 is 1.00 bits per heavy atom. The number of hydrogen-bond acceptors (Lipinski definition) is 2. The topological polar surface area (TPSA) is 35.6 Å². The zero-order valence-corrected chi connectivity index (χ0v) is 18.4. The molecule has 1 spiro atoms. The molecule has 0 bridgehead atoms. The van der Waals surface area contributed by atoms with Crippen molar-refractivity contribution in [2.24, 2.45) is 0 Å². The third kappa shape index (κ3) is 3.89. The Balaban J connectivity index is 1.36. The van der Waals surface area contributed by atoms with Gasteiger partial charge in [-0.3, -0.25) is 9.80 Å². The van der Waals surface area contributed by atoms with Gasteiger partial charge in [0.25, 0.3) is 0 Å². The minimum Gasteiger partial charge on any atom is -0.305 e. The third-order valence-corrected chi connectivity index (χ3v) is 6.90. The van der Waals surface area contributed by atoms with Gasteiger partial charge in [-0.25, -0.2) is 9.18 Å². The highest BCUT2D eigenvalue weighted by molar-refractivity contribution is 6.03. The number of amides is 2. The smallest absolute Gasteiger partial charge is 0.305 e. The minimum atomic E-state index is -0.423. The lowest BCUT2D eigenvalue weighted by molar-refractivity contribution is 0.160. The Morgan fingerprint density at radius 3 is 2.47 bits per heavy atom. The SMILES string of the molecule is Cc1ccc2c(c1)C1(CCN(Cc3ccccc3)CC1)CN2C(=O)Nc1ccccc1F. The van der Waals surface area contributed by atoms with Crippen LogP contribution in [-0.4, -0.2) is 30.6 Å². The Bertz CT molecular complexity index is 1120. The van der Waals surface area contributed by atoms with Crippen LogP contribution in [0.25, 0.3) is 0 Å². The molecule has 1 fully saturated rings. The lowest BCUT2D eigenvalue weighted by Gasteiger charge is -2.40. The minimum absolute atomic E-state index is 0.0545. The summed E-state index contributed by atoms with van der Waals surface area (Å²) >= 11 is 0. The maximum atomic E-state index is 14.1. The maximum Gasteiger partial charge on any atom is 0.326 e. The van der Waals surface area contributed by atoms with E-state index in [1.807, 2.05) is 18.2 Å². The van der Waals surface area contributed by atoms with E-state index in [-0.39, 0.29) is 17.1 Å². The zero-order valence-electron chi connectivity index (χ0n) is 18.4. The van der Waals surface area contributed by atoms with E-state index in [2.05, 4.69) is 47.5 Å². The number of carbonyl (C=O) groups excluding carboxylic acids is 1. The molecule has 0 unspecified atom stereocenters. The fraction of sp³-hybridized carbons (Fsp3) is 0.296. The Labute approximate surface area is 188 Å². The zero-order chi connectivity index (χ0) is 22.1. The predicted molar refractivity (Wildman–Crippen MR) is 127 cm³/mol. The Kier molecular flexibility index (Phi) is 5.43. The van der Waals surface area contributed by atoms with Crippen LogP contribution >= 0.6 is 0 Å². The first-order chi connectivity index (χ1) is 15.5. The molecule has 2 heterocycles. The van der Waals surface area contributed by atoms with Crippen molar-refractivity contribution in [3.63, 3.8) is 0 Å². The van der Waals surface area contributed by atoms with Gasteiger partial charge >= 0.3 is 6.03 Å². The number of para-hydroxylation sites is 1. The van der Waals surface area contributed by atoms with Crippen molar-refractivity contribution in [2.45, 2.75) is 31.7 Å². The molecule has 0 radical (unpaired) electrons. The number of rotatable bonds is 3.